The number of nitrogens with zero attached hydrogens (tertiary/aromatic N) is 2. The molecular formula is C19H24N2O2S. The van der Waals surface area contributed by atoms with Crippen LogP contribution in [0.2, 0.25) is 0 Å². The Morgan fingerprint density at radius 1 is 1.38 bits per heavy atom. The van der Waals surface area contributed by atoms with Crippen molar-refractivity contribution in [1.29, 1.82) is 0 Å². The van der Waals surface area contributed by atoms with Crippen LogP contribution in [0.5, 0.6) is 5.75 Å². The zero-order valence-electron chi connectivity index (χ0n) is 14.5. The summed E-state index contributed by atoms with van der Waals surface area (Å²) in [7, 11) is 0. The van der Waals surface area contributed by atoms with E-state index in [4.69, 9.17) is 4.74 Å². The van der Waals surface area contributed by atoms with Crippen LogP contribution in [0.25, 0.3) is 0 Å². The molecule has 0 spiro atoms. The molecule has 0 radical (unpaired) electrons. The Morgan fingerprint density at radius 3 is 2.83 bits per heavy atom. The van der Waals surface area contributed by atoms with E-state index in [1.54, 1.807) is 22.3 Å². The topological polar surface area (TPSA) is 42.4 Å². The van der Waals surface area contributed by atoms with Gasteiger partial charge in [0, 0.05) is 18.3 Å². The fourth-order valence-corrected chi connectivity index (χ4v) is 2.96. The standard InChI is InChI=1S/C19H24N2O2S/c1-5-9-21(19(22)6-2)11-16-13-24-18(20-16)12-23-17-8-7-14(3)15(4)10-17/h5,7-8,10,13H,1,6,9,11-12H2,2-4H3. The number of ether oxygens (including phenoxy) is 1. The molecule has 0 aliphatic rings. The third-order valence-corrected chi connectivity index (χ3v) is 4.67. The summed E-state index contributed by atoms with van der Waals surface area (Å²) in [6.45, 7) is 11.2. The number of rotatable bonds is 8. The molecule has 4 nitrogen and oxygen atoms in total. The Labute approximate surface area is 147 Å². The van der Waals surface area contributed by atoms with Gasteiger partial charge in [0.15, 0.2) is 0 Å². The van der Waals surface area contributed by atoms with Crippen LogP contribution in [0.3, 0.4) is 0 Å². The number of hydrogen-bond acceptors (Lipinski definition) is 4. The summed E-state index contributed by atoms with van der Waals surface area (Å²) in [5, 5.41) is 2.89. The van der Waals surface area contributed by atoms with Crippen molar-refractivity contribution in [2.24, 2.45) is 0 Å². The molecule has 1 aromatic carbocycles. The summed E-state index contributed by atoms with van der Waals surface area (Å²) in [6, 6.07) is 6.07. The van der Waals surface area contributed by atoms with Crippen molar-refractivity contribution >= 4 is 17.2 Å². The fourth-order valence-electron chi connectivity index (χ4n) is 2.27. The highest BCUT2D eigenvalue weighted by molar-refractivity contribution is 7.09. The number of carbonyl (C=O) groups excluding carboxylic acids is 1. The van der Waals surface area contributed by atoms with Crippen molar-refractivity contribution in [3.63, 3.8) is 0 Å². The van der Waals surface area contributed by atoms with Crippen LogP contribution in [-0.2, 0) is 17.9 Å². The molecule has 0 unspecified atom stereocenters. The van der Waals surface area contributed by atoms with Gasteiger partial charge in [-0.15, -0.1) is 17.9 Å². The number of amides is 1. The Kier molecular flexibility index (Phi) is 6.55. The minimum absolute atomic E-state index is 0.107. The predicted octanol–water partition coefficient (Wildman–Crippen LogP) is 4.26. The van der Waals surface area contributed by atoms with Gasteiger partial charge in [-0.2, -0.15) is 0 Å². The lowest BCUT2D eigenvalue weighted by Gasteiger charge is -2.19. The number of carbonyl (C=O) groups is 1. The Morgan fingerprint density at radius 2 is 2.17 bits per heavy atom. The van der Waals surface area contributed by atoms with Gasteiger partial charge in [0.1, 0.15) is 17.4 Å². The van der Waals surface area contributed by atoms with E-state index in [0.717, 1.165) is 16.5 Å². The lowest BCUT2D eigenvalue weighted by Crippen LogP contribution is -2.30. The van der Waals surface area contributed by atoms with Crippen LogP contribution in [0.15, 0.2) is 36.2 Å². The van der Waals surface area contributed by atoms with E-state index >= 15 is 0 Å². The first-order chi connectivity index (χ1) is 11.5. The van der Waals surface area contributed by atoms with E-state index in [2.05, 4.69) is 31.5 Å². The molecule has 0 bridgehead atoms. The van der Waals surface area contributed by atoms with Gasteiger partial charge in [0.25, 0.3) is 0 Å². The maximum atomic E-state index is 11.9. The molecule has 5 heteroatoms. The molecule has 2 rings (SSSR count). The summed E-state index contributed by atoms with van der Waals surface area (Å²) in [6.07, 6.45) is 2.23. The van der Waals surface area contributed by atoms with Crippen LogP contribution < -0.4 is 4.74 Å². The van der Waals surface area contributed by atoms with Crippen molar-refractivity contribution in [2.45, 2.75) is 40.3 Å². The molecule has 0 saturated heterocycles. The van der Waals surface area contributed by atoms with Crippen LogP contribution in [0, 0.1) is 13.8 Å². The molecule has 0 aliphatic heterocycles. The molecule has 1 heterocycles. The van der Waals surface area contributed by atoms with Gasteiger partial charge in [0.2, 0.25) is 5.91 Å². The monoisotopic (exact) mass is 344 g/mol. The van der Waals surface area contributed by atoms with Crippen LogP contribution in [0.4, 0.5) is 0 Å². The molecule has 0 fully saturated rings. The second-order valence-electron chi connectivity index (χ2n) is 5.68. The van der Waals surface area contributed by atoms with E-state index in [9.17, 15) is 4.79 Å². The molecule has 0 saturated carbocycles. The normalized spacial score (nSPS) is 10.5. The molecule has 0 aliphatic carbocycles. The van der Waals surface area contributed by atoms with Crippen molar-refractivity contribution in [3.05, 3.63) is 58.1 Å². The van der Waals surface area contributed by atoms with Crippen LogP contribution in [-0.4, -0.2) is 22.3 Å². The third kappa shape index (κ3) is 4.93. The van der Waals surface area contributed by atoms with Crippen LogP contribution in [0.1, 0.15) is 35.2 Å². The van der Waals surface area contributed by atoms with Crippen LogP contribution >= 0.6 is 11.3 Å². The number of aromatic nitrogens is 1. The minimum Gasteiger partial charge on any atom is -0.486 e. The highest BCUT2D eigenvalue weighted by Gasteiger charge is 2.13. The Hall–Kier alpha value is -2.14. The van der Waals surface area contributed by atoms with Crippen molar-refractivity contribution in [2.75, 3.05) is 6.54 Å². The molecule has 0 atom stereocenters. The summed E-state index contributed by atoms with van der Waals surface area (Å²) < 4.78 is 5.81. The molecule has 2 aromatic rings. The number of hydrogen-bond donors (Lipinski definition) is 0. The lowest BCUT2D eigenvalue weighted by molar-refractivity contribution is -0.130. The maximum Gasteiger partial charge on any atom is 0.222 e. The minimum atomic E-state index is 0.107. The van der Waals surface area contributed by atoms with E-state index < -0.39 is 0 Å². The molecule has 24 heavy (non-hydrogen) atoms. The molecular weight excluding hydrogens is 320 g/mol. The summed E-state index contributed by atoms with van der Waals surface area (Å²) in [4.78, 5) is 18.2. The van der Waals surface area contributed by atoms with Crippen molar-refractivity contribution < 1.29 is 9.53 Å². The highest BCUT2D eigenvalue weighted by atomic mass is 32.1. The first-order valence-corrected chi connectivity index (χ1v) is 8.93. The average molecular weight is 344 g/mol. The van der Waals surface area contributed by atoms with Gasteiger partial charge in [-0.3, -0.25) is 4.79 Å². The first kappa shape index (κ1) is 18.2. The Bertz CT molecular complexity index is 709. The third-order valence-electron chi connectivity index (χ3n) is 3.80. The van der Waals surface area contributed by atoms with E-state index in [1.165, 1.54) is 11.1 Å². The molecule has 1 aromatic heterocycles. The maximum absolute atomic E-state index is 11.9. The largest absolute Gasteiger partial charge is 0.486 e. The molecule has 128 valence electrons. The second-order valence-corrected chi connectivity index (χ2v) is 6.63. The lowest BCUT2D eigenvalue weighted by atomic mass is 10.1. The molecule has 1 amide bonds. The summed E-state index contributed by atoms with van der Waals surface area (Å²) in [5.74, 6) is 0.958. The molecule has 0 N–H and O–H groups in total. The van der Waals surface area contributed by atoms with Crippen molar-refractivity contribution in [3.8, 4) is 5.75 Å². The smallest absolute Gasteiger partial charge is 0.222 e. The number of thiazole rings is 1. The first-order valence-electron chi connectivity index (χ1n) is 8.05. The predicted molar refractivity (Wildman–Crippen MR) is 98.3 cm³/mol. The quantitative estimate of drug-likeness (QED) is 0.672. The van der Waals surface area contributed by atoms with Gasteiger partial charge in [-0.05, 0) is 37.1 Å². The highest BCUT2D eigenvalue weighted by Crippen LogP contribution is 2.19. The van der Waals surface area contributed by atoms with Gasteiger partial charge >= 0.3 is 0 Å². The van der Waals surface area contributed by atoms with Gasteiger partial charge < -0.3 is 9.64 Å². The Balaban J connectivity index is 1.95. The number of benzene rings is 1. The van der Waals surface area contributed by atoms with E-state index in [0.29, 0.717) is 26.1 Å². The fraction of sp³-hybridized carbons (Fsp3) is 0.368. The van der Waals surface area contributed by atoms with Gasteiger partial charge in [0.05, 0.1) is 12.2 Å². The SMILES string of the molecule is C=CCN(Cc1csc(COc2ccc(C)c(C)c2)n1)C(=O)CC. The summed E-state index contributed by atoms with van der Waals surface area (Å²) in [5.41, 5.74) is 3.36. The van der Waals surface area contributed by atoms with E-state index in [-0.39, 0.29) is 5.91 Å². The second kappa shape index (κ2) is 8.64. The van der Waals surface area contributed by atoms with E-state index in [1.807, 2.05) is 24.4 Å². The van der Waals surface area contributed by atoms with Gasteiger partial charge in [-0.1, -0.05) is 19.1 Å². The zero-order valence-corrected chi connectivity index (χ0v) is 15.4. The average Bonchev–Trinajstić information content (AvgIpc) is 3.02. The number of aryl methyl sites for hydroxylation is 2. The summed E-state index contributed by atoms with van der Waals surface area (Å²) >= 11 is 1.56. The van der Waals surface area contributed by atoms with Gasteiger partial charge in [-0.25, -0.2) is 4.98 Å². The van der Waals surface area contributed by atoms with Crippen molar-refractivity contribution in [1.82, 2.24) is 9.88 Å². The zero-order chi connectivity index (χ0) is 17.5.